The predicted octanol–water partition coefficient (Wildman–Crippen LogP) is 4.43. The molecule has 0 N–H and O–H groups in total. The van der Waals surface area contributed by atoms with E-state index >= 15 is 0 Å². The molecule has 0 bridgehead atoms. The molecule has 7 heteroatoms. The molecule has 0 aliphatic carbocycles. The maximum Gasteiger partial charge on any atom is 0.282 e. The molecular formula is C15H9Cl2FN2OS. The average molecular weight is 355 g/mol. The SMILES string of the molecule is Cn1c(=NC(=O)c2ccccc2F)sc2cc(Cl)cc(Cl)c21. The molecule has 0 unspecified atom stereocenters. The highest BCUT2D eigenvalue weighted by molar-refractivity contribution is 7.16. The Morgan fingerprint density at radius 2 is 2.00 bits per heavy atom. The number of benzene rings is 2. The van der Waals surface area contributed by atoms with Crippen LogP contribution in [0.5, 0.6) is 0 Å². The zero-order valence-electron chi connectivity index (χ0n) is 11.3. The maximum atomic E-state index is 13.6. The summed E-state index contributed by atoms with van der Waals surface area (Å²) >= 11 is 13.4. The van der Waals surface area contributed by atoms with E-state index in [1.807, 2.05) is 0 Å². The van der Waals surface area contributed by atoms with Crippen LogP contribution in [0.2, 0.25) is 10.0 Å². The van der Waals surface area contributed by atoms with Crippen molar-refractivity contribution < 1.29 is 9.18 Å². The minimum Gasteiger partial charge on any atom is -0.318 e. The van der Waals surface area contributed by atoms with Crippen LogP contribution < -0.4 is 4.80 Å². The van der Waals surface area contributed by atoms with Crippen LogP contribution >= 0.6 is 34.5 Å². The van der Waals surface area contributed by atoms with Gasteiger partial charge in [0.25, 0.3) is 5.91 Å². The Hall–Kier alpha value is -1.69. The van der Waals surface area contributed by atoms with Crippen molar-refractivity contribution in [1.29, 1.82) is 0 Å². The van der Waals surface area contributed by atoms with Crippen molar-refractivity contribution in [3.05, 3.63) is 62.6 Å². The number of carbonyl (C=O) groups is 1. The number of carbonyl (C=O) groups excluding carboxylic acids is 1. The summed E-state index contributed by atoms with van der Waals surface area (Å²) in [4.78, 5) is 16.6. The molecule has 3 nitrogen and oxygen atoms in total. The van der Waals surface area contributed by atoms with Gasteiger partial charge < -0.3 is 4.57 Å². The molecule has 0 radical (unpaired) electrons. The van der Waals surface area contributed by atoms with E-state index < -0.39 is 11.7 Å². The van der Waals surface area contributed by atoms with Crippen molar-refractivity contribution in [2.24, 2.45) is 12.0 Å². The molecule has 0 aliphatic rings. The van der Waals surface area contributed by atoms with Crippen LogP contribution in [0.1, 0.15) is 10.4 Å². The monoisotopic (exact) mass is 354 g/mol. The molecule has 0 saturated heterocycles. The highest BCUT2D eigenvalue weighted by atomic mass is 35.5. The Kier molecular flexibility index (Phi) is 4.04. The molecule has 2 aromatic carbocycles. The van der Waals surface area contributed by atoms with Gasteiger partial charge in [0.05, 0.1) is 20.8 Å². The van der Waals surface area contributed by atoms with Gasteiger partial charge in [-0.3, -0.25) is 4.79 Å². The first-order valence-corrected chi connectivity index (χ1v) is 7.83. The molecule has 112 valence electrons. The van der Waals surface area contributed by atoms with Crippen molar-refractivity contribution in [2.75, 3.05) is 0 Å². The van der Waals surface area contributed by atoms with Gasteiger partial charge in [0.15, 0.2) is 4.80 Å². The van der Waals surface area contributed by atoms with Crippen LogP contribution in [0, 0.1) is 5.82 Å². The molecule has 1 aromatic heterocycles. The Morgan fingerprint density at radius 3 is 2.73 bits per heavy atom. The summed E-state index contributed by atoms with van der Waals surface area (Å²) in [6.45, 7) is 0. The number of nitrogens with zero attached hydrogens (tertiary/aromatic N) is 2. The molecule has 0 spiro atoms. The van der Waals surface area contributed by atoms with Gasteiger partial charge >= 0.3 is 0 Å². The van der Waals surface area contributed by atoms with E-state index in [2.05, 4.69) is 4.99 Å². The standard InChI is InChI=1S/C15H9Cl2FN2OS/c1-20-13-10(17)6-8(16)7-12(13)22-15(20)19-14(21)9-4-2-3-5-11(9)18/h2-7H,1H3. The zero-order chi connectivity index (χ0) is 15.9. The Bertz CT molecular complexity index is 962. The molecule has 0 fully saturated rings. The van der Waals surface area contributed by atoms with Crippen LogP contribution in [0.15, 0.2) is 41.4 Å². The van der Waals surface area contributed by atoms with Gasteiger partial charge in [-0.2, -0.15) is 4.99 Å². The third-order valence-electron chi connectivity index (χ3n) is 3.12. The second kappa shape index (κ2) is 5.83. The van der Waals surface area contributed by atoms with E-state index in [4.69, 9.17) is 23.2 Å². The van der Waals surface area contributed by atoms with Crippen LogP contribution in [0.4, 0.5) is 4.39 Å². The normalized spacial score (nSPS) is 12.1. The lowest BCUT2D eigenvalue weighted by atomic mass is 10.2. The van der Waals surface area contributed by atoms with Gasteiger partial charge in [-0.25, -0.2) is 4.39 Å². The van der Waals surface area contributed by atoms with Crippen LogP contribution in [0.3, 0.4) is 0 Å². The fourth-order valence-corrected chi connectivity index (χ4v) is 3.91. The number of aryl methyl sites for hydroxylation is 1. The van der Waals surface area contributed by atoms with Gasteiger partial charge in [0, 0.05) is 12.1 Å². The van der Waals surface area contributed by atoms with Gasteiger partial charge in [-0.1, -0.05) is 46.7 Å². The van der Waals surface area contributed by atoms with Crippen molar-refractivity contribution >= 4 is 50.7 Å². The van der Waals surface area contributed by atoms with Crippen LogP contribution in [-0.2, 0) is 7.05 Å². The molecule has 1 amide bonds. The van der Waals surface area contributed by atoms with Crippen molar-refractivity contribution in [3.63, 3.8) is 0 Å². The van der Waals surface area contributed by atoms with Gasteiger partial charge in [0.2, 0.25) is 0 Å². The number of halogens is 3. The smallest absolute Gasteiger partial charge is 0.282 e. The molecule has 1 heterocycles. The molecule has 0 aliphatic heterocycles. The van der Waals surface area contributed by atoms with Crippen molar-refractivity contribution in [1.82, 2.24) is 4.57 Å². The molecule has 22 heavy (non-hydrogen) atoms. The number of thiazole rings is 1. The van der Waals surface area contributed by atoms with Crippen molar-refractivity contribution in [3.8, 4) is 0 Å². The van der Waals surface area contributed by atoms with Crippen LogP contribution in [-0.4, -0.2) is 10.5 Å². The molecule has 0 saturated carbocycles. The van der Waals surface area contributed by atoms with Gasteiger partial charge in [0.1, 0.15) is 5.82 Å². The largest absolute Gasteiger partial charge is 0.318 e. The summed E-state index contributed by atoms with van der Waals surface area (Å²) in [5.41, 5.74) is 0.667. The lowest BCUT2D eigenvalue weighted by molar-refractivity contribution is 0.0994. The fourth-order valence-electron chi connectivity index (χ4n) is 2.09. The molecule has 3 aromatic rings. The number of rotatable bonds is 1. The average Bonchev–Trinajstić information content (AvgIpc) is 2.75. The zero-order valence-corrected chi connectivity index (χ0v) is 13.6. The number of hydrogen-bond acceptors (Lipinski definition) is 2. The minimum absolute atomic E-state index is 0.0657. The summed E-state index contributed by atoms with van der Waals surface area (Å²) in [6.07, 6.45) is 0. The lowest BCUT2D eigenvalue weighted by Gasteiger charge is -1.99. The number of hydrogen-bond donors (Lipinski definition) is 0. The summed E-state index contributed by atoms with van der Waals surface area (Å²) in [5.74, 6) is -1.23. The van der Waals surface area contributed by atoms with E-state index in [1.165, 1.54) is 29.5 Å². The van der Waals surface area contributed by atoms with Gasteiger partial charge in [-0.15, -0.1) is 0 Å². The van der Waals surface area contributed by atoms with Crippen molar-refractivity contribution in [2.45, 2.75) is 0 Å². The molecule has 3 rings (SSSR count). The fraction of sp³-hybridized carbons (Fsp3) is 0.0667. The third-order valence-corrected chi connectivity index (χ3v) is 4.70. The first-order chi connectivity index (χ1) is 10.5. The predicted molar refractivity (Wildman–Crippen MR) is 87.1 cm³/mol. The maximum absolute atomic E-state index is 13.6. The second-order valence-corrected chi connectivity index (χ2v) is 6.43. The first kappa shape index (κ1) is 15.2. The minimum atomic E-state index is -0.637. The first-order valence-electron chi connectivity index (χ1n) is 6.25. The number of amides is 1. The molecule has 0 atom stereocenters. The second-order valence-electron chi connectivity index (χ2n) is 4.57. The summed E-state index contributed by atoms with van der Waals surface area (Å²) < 4.78 is 16.1. The van der Waals surface area contributed by atoms with Gasteiger partial charge in [-0.05, 0) is 24.3 Å². The van der Waals surface area contributed by atoms with E-state index in [-0.39, 0.29) is 5.56 Å². The Morgan fingerprint density at radius 1 is 1.27 bits per heavy atom. The van der Waals surface area contributed by atoms with Crippen LogP contribution in [0.25, 0.3) is 10.2 Å². The topological polar surface area (TPSA) is 34.4 Å². The highest BCUT2D eigenvalue weighted by Gasteiger charge is 2.12. The van der Waals surface area contributed by atoms with E-state index in [1.54, 1.807) is 29.8 Å². The Balaban J connectivity index is 2.18. The Labute approximate surface area is 139 Å². The summed E-state index contributed by atoms with van der Waals surface area (Å²) in [5, 5.41) is 0.979. The van der Waals surface area contributed by atoms with E-state index in [0.29, 0.717) is 14.8 Å². The number of fused-ring (bicyclic) bond motifs is 1. The lowest BCUT2D eigenvalue weighted by Crippen LogP contribution is -2.14. The third kappa shape index (κ3) is 2.67. The van der Waals surface area contributed by atoms with E-state index in [0.717, 1.165) is 10.2 Å². The van der Waals surface area contributed by atoms with E-state index in [9.17, 15) is 9.18 Å². The summed E-state index contributed by atoms with van der Waals surface area (Å²) in [7, 11) is 1.74. The molecular weight excluding hydrogens is 346 g/mol. The summed E-state index contributed by atoms with van der Waals surface area (Å²) in [6, 6.07) is 9.12. The highest BCUT2D eigenvalue weighted by Crippen LogP contribution is 2.29. The quantitative estimate of drug-likeness (QED) is 0.636. The number of aromatic nitrogens is 1.